The zero-order valence-electron chi connectivity index (χ0n) is 7.69. The van der Waals surface area contributed by atoms with Crippen LogP contribution in [-0.4, -0.2) is 9.55 Å². The number of halogens is 1. The summed E-state index contributed by atoms with van der Waals surface area (Å²) in [5, 5.41) is 4.28. The number of aromatic nitrogens is 2. The largest absolute Gasteiger partial charge is 0.333 e. The van der Waals surface area contributed by atoms with Gasteiger partial charge in [-0.15, -0.1) is 11.6 Å². The third-order valence-electron chi connectivity index (χ3n) is 2.16. The summed E-state index contributed by atoms with van der Waals surface area (Å²) in [4.78, 5) is 4.07. The first-order valence-electron chi connectivity index (χ1n) is 4.46. The lowest BCUT2D eigenvalue weighted by Crippen LogP contribution is -2.02. The van der Waals surface area contributed by atoms with Gasteiger partial charge < -0.3 is 4.57 Å². The summed E-state index contributed by atoms with van der Waals surface area (Å²) in [6, 6.07) is 2.15. The van der Waals surface area contributed by atoms with Gasteiger partial charge in [0.05, 0.1) is 17.9 Å². The highest BCUT2D eigenvalue weighted by atomic mass is 35.5. The van der Waals surface area contributed by atoms with Crippen LogP contribution in [0.1, 0.15) is 11.3 Å². The van der Waals surface area contributed by atoms with Crippen LogP contribution in [0.4, 0.5) is 0 Å². The van der Waals surface area contributed by atoms with Crippen LogP contribution in [0.3, 0.4) is 0 Å². The maximum Gasteiger partial charge on any atom is 0.0948 e. The Balaban J connectivity index is 1.98. The van der Waals surface area contributed by atoms with E-state index >= 15 is 0 Å². The van der Waals surface area contributed by atoms with Crippen LogP contribution in [0.25, 0.3) is 0 Å². The van der Waals surface area contributed by atoms with Crippen LogP contribution in [0.15, 0.2) is 29.4 Å². The predicted molar refractivity (Wildman–Crippen MR) is 59.8 cm³/mol. The molecule has 0 radical (unpaired) electrons. The minimum Gasteiger partial charge on any atom is -0.333 e. The molecule has 0 aromatic carbocycles. The Bertz CT molecular complexity index is 380. The molecule has 0 aliphatic rings. The van der Waals surface area contributed by atoms with E-state index in [1.807, 2.05) is 12.5 Å². The lowest BCUT2D eigenvalue weighted by Gasteiger charge is -2.04. The summed E-state index contributed by atoms with van der Waals surface area (Å²) in [5.41, 5.74) is 2.46. The minimum atomic E-state index is 0.531. The molecule has 0 saturated heterocycles. The monoisotopic (exact) mass is 226 g/mol. The molecule has 0 aliphatic carbocycles. The number of thiophene rings is 1. The summed E-state index contributed by atoms with van der Waals surface area (Å²) in [6.45, 7) is 0.957. The molecule has 2 rings (SSSR count). The van der Waals surface area contributed by atoms with Gasteiger partial charge in [0, 0.05) is 12.7 Å². The Morgan fingerprint density at radius 2 is 2.43 bits per heavy atom. The standard InChI is InChI=1S/C10H11ClN2S/c11-5-10-6-12-8-13(10)3-1-9-2-4-14-7-9/h2,4,6-8H,1,3,5H2. The molecule has 0 atom stereocenters. The average molecular weight is 227 g/mol. The summed E-state index contributed by atoms with van der Waals surface area (Å²) < 4.78 is 2.10. The highest BCUT2D eigenvalue weighted by molar-refractivity contribution is 7.07. The molecule has 0 amide bonds. The van der Waals surface area contributed by atoms with Gasteiger partial charge in [-0.1, -0.05) is 0 Å². The Hall–Kier alpha value is -0.800. The number of aryl methyl sites for hydroxylation is 2. The summed E-state index contributed by atoms with van der Waals surface area (Å²) in [5.74, 6) is 0.531. The van der Waals surface area contributed by atoms with Crippen molar-refractivity contribution in [2.75, 3.05) is 0 Å². The second-order valence-electron chi connectivity index (χ2n) is 3.09. The highest BCUT2D eigenvalue weighted by Gasteiger charge is 2.00. The van der Waals surface area contributed by atoms with Crippen molar-refractivity contribution in [1.82, 2.24) is 9.55 Å². The molecule has 2 aromatic heterocycles. The van der Waals surface area contributed by atoms with Crippen molar-refractivity contribution in [3.63, 3.8) is 0 Å². The van der Waals surface area contributed by atoms with Gasteiger partial charge in [-0.25, -0.2) is 4.98 Å². The van der Waals surface area contributed by atoms with Crippen LogP contribution in [0.2, 0.25) is 0 Å². The molecule has 0 unspecified atom stereocenters. The smallest absolute Gasteiger partial charge is 0.0948 e. The Kier molecular flexibility index (Phi) is 3.22. The summed E-state index contributed by atoms with van der Waals surface area (Å²) in [6.07, 6.45) is 4.70. The second kappa shape index (κ2) is 4.62. The Labute approximate surface area is 92.2 Å². The first kappa shape index (κ1) is 9.74. The maximum atomic E-state index is 5.78. The van der Waals surface area contributed by atoms with Gasteiger partial charge in [0.2, 0.25) is 0 Å². The van der Waals surface area contributed by atoms with Crippen molar-refractivity contribution in [2.45, 2.75) is 18.8 Å². The first-order valence-corrected chi connectivity index (χ1v) is 5.94. The lowest BCUT2D eigenvalue weighted by atomic mass is 10.2. The number of alkyl halides is 1. The normalized spacial score (nSPS) is 10.6. The van der Waals surface area contributed by atoms with Crippen LogP contribution in [0.5, 0.6) is 0 Å². The molecule has 14 heavy (non-hydrogen) atoms. The molecular weight excluding hydrogens is 216 g/mol. The van der Waals surface area contributed by atoms with Gasteiger partial charge in [0.25, 0.3) is 0 Å². The van der Waals surface area contributed by atoms with Crippen LogP contribution in [-0.2, 0) is 18.8 Å². The quantitative estimate of drug-likeness (QED) is 0.733. The number of imidazole rings is 1. The van der Waals surface area contributed by atoms with Gasteiger partial charge in [-0.3, -0.25) is 0 Å². The number of hydrogen-bond donors (Lipinski definition) is 0. The second-order valence-corrected chi connectivity index (χ2v) is 4.14. The topological polar surface area (TPSA) is 17.8 Å². The van der Waals surface area contributed by atoms with Gasteiger partial charge in [-0.05, 0) is 28.8 Å². The van der Waals surface area contributed by atoms with Crippen LogP contribution >= 0.6 is 22.9 Å². The highest BCUT2D eigenvalue weighted by Crippen LogP contribution is 2.09. The van der Waals surface area contributed by atoms with E-state index in [0.29, 0.717) is 5.88 Å². The third-order valence-corrected chi connectivity index (χ3v) is 3.16. The zero-order chi connectivity index (χ0) is 9.80. The zero-order valence-corrected chi connectivity index (χ0v) is 9.26. The molecule has 2 heterocycles. The fourth-order valence-electron chi connectivity index (χ4n) is 1.35. The molecule has 0 spiro atoms. The van der Waals surface area contributed by atoms with Crippen molar-refractivity contribution >= 4 is 22.9 Å². The molecular formula is C10H11ClN2S. The number of nitrogens with zero attached hydrogens (tertiary/aromatic N) is 2. The van der Waals surface area contributed by atoms with E-state index in [-0.39, 0.29) is 0 Å². The fourth-order valence-corrected chi connectivity index (χ4v) is 2.27. The van der Waals surface area contributed by atoms with Crippen molar-refractivity contribution in [2.24, 2.45) is 0 Å². The van der Waals surface area contributed by atoms with Gasteiger partial charge in [0.15, 0.2) is 0 Å². The van der Waals surface area contributed by atoms with Gasteiger partial charge in [-0.2, -0.15) is 11.3 Å². The molecule has 0 bridgehead atoms. The molecule has 2 nitrogen and oxygen atoms in total. The van der Waals surface area contributed by atoms with Crippen molar-refractivity contribution < 1.29 is 0 Å². The maximum absolute atomic E-state index is 5.78. The van der Waals surface area contributed by atoms with E-state index in [9.17, 15) is 0 Å². The van der Waals surface area contributed by atoms with E-state index in [2.05, 4.69) is 26.4 Å². The van der Waals surface area contributed by atoms with Gasteiger partial charge >= 0.3 is 0 Å². The minimum absolute atomic E-state index is 0.531. The molecule has 2 aromatic rings. The fraction of sp³-hybridized carbons (Fsp3) is 0.300. The average Bonchev–Trinajstić information content (AvgIpc) is 2.85. The molecule has 0 saturated carbocycles. The molecule has 0 aliphatic heterocycles. The Morgan fingerprint density at radius 3 is 3.14 bits per heavy atom. The summed E-state index contributed by atoms with van der Waals surface area (Å²) in [7, 11) is 0. The predicted octanol–water partition coefficient (Wildman–Crippen LogP) is 2.93. The number of rotatable bonds is 4. The van der Waals surface area contributed by atoms with E-state index in [1.165, 1.54) is 5.56 Å². The van der Waals surface area contributed by atoms with Crippen molar-refractivity contribution in [1.29, 1.82) is 0 Å². The molecule has 0 fully saturated rings. The van der Waals surface area contributed by atoms with Crippen LogP contribution < -0.4 is 0 Å². The van der Waals surface area contributed by atoms with E-state index in [1.54, 1.807) is 11.3 Å². The lowest BCUT2D eigenvalue weighted by molar-refractivity contribution is 0.675. The molecule has 0 N–H and O–H groups in total. The molecule has 4 heteroatoms. The third kappa shape index (κ3) is 2.16. The number of hydrogen-bond acceptors (Lipinski definition) is 2. The van der Waals surface area contributed by atoms with Crippen molar-refractivity contribution in [3.05, 3.63) is 40.6 Å². The van der Waals surface area contributed by atoms with Crippen LogP contribution in [0, 0.1) is 0 Å². The summed E-state index contributed by atoms with van der Waals surface area (Å²) >= 11 is 7.51. The SMILES string of the molecule is ClCc1cncn1CCc1ccsc1. The van der Waals surface area contributed by atoms with E-state index < -0.39 is 0 Å². The molecule has 74 valence electrons. The Morgan fingerprint density at radius 1 is 1.50 bits per heavy atom. The van der Waals surface area contributed by atoms with Crippen molar-refractivity contribution in [3.8, 4) is 0 Å². The van der Waals surface area contributed by atoms with E-state index in [4.69, 9.17) is 11.6 Å². The van der Waals surface area contributed by atoms with Gasteiger partial charge in [0.1, 0.15) is 0 Å². The van der Waals surface area contributed by atoms with E-state index in [0.717, 1.165) is 18.7 Å². The first-order chi connectivity index (χ1) is 6.90.